The lowest BCUT2D eigenvalue weighted by Crippen LogP contribution is -2.18. The van der Waals surface area contributed by atoms with Crippen molar-refractivity contribution >= 4 is 0 Å². The number of rotatable bonds is 8. The summed E-state index contributed by atoms with van der Waals surface area (Å²) in [6, 6.07) is 0. The molecule has 2 atom stereocenters. The molecule has 0 amide bonds. The van der Waals surface area contributed by atoms with Gasteiger partial charge < -0.3 is 9.84 Å². The Balaban J connectivity index is 3.33. The fourth-order valence-electron chi connectivity index (χ4n) is 1.44. The van der Waals surface area contributed by atoms with Crippen LogP contribution < -0.4 is 0 Å². The van der Waals surface area contributed by atoms with Crippen LogP contribution in [0.25, 0.3) is 0 Å². The quantitative estimate of drug-likeness (QED) is 0.613. The van der Waals surface area contributed by atoms with Gasteiger partial charge >= 0.3 is 0 Å². The highest BCUT2D eigenvalue weighted by atomic mass is 16.5. The summed E-state index contributed by atoms with van der Waals surface area (Å²) in [7, 11) is 0. The molecular formula is C12H26O2. The maximum absolute atomic E-state index is 9.40. The summed E-state index contributed by atoms with van der Waals surface area (Å²) in [6.45, 7) is 10.0. The van der Waals surface area contributed by atoms with Gasteiger partial charge in [-0.2, -0.15) is 0 Å². The molecule has 0 saturated heterocycles. The van der Waals surface area contributed by atoms with Crippen LogP contribution in [0.3, 0.4) is 0 Å². The molecule has 2 heteroatoms. The highest BCUT2D eigenvalue weighted by Gasteiger charge is 2.11. The fraction of sp³-hybridized carbons (Fsp3) is 1.00. The predicted octanol–water partition coefficient (Wildman–Crippen LogP) is 2.85. The topological polar surface area (TPSA) is 29.5 Å². The van der Waals surface area contributed by atoms with Gasteiger partial charge in [-0.05, 0) is 31.6 Å². The first-order chi connectivity index (χ1) is 6.57. The first-order valence-electron chi connectivity index (χ1n) is 5.83. The Kier molecular flexibility index (Phi) is 8.20. The summed E-state index contributed by atoms with van der Waals surface area (Å²) in [5.41, 5.74) is 0. The Labute approximate surface area is 88.7 Å². The minimum absolute atomic E-state index is 0.200. The van der Waals surface area contributed by atoms with Crippen LogP contribution in [-0.4, -0.2) is 24.4 Å². The van der Waals surface area contributed by atoms with E-state index in [0.29, 0.717) is 11.8 Å². The molecule has 0 aliphatic carbocycles. The third-order valence-corrected chi connectivity index (χ3v) is 2.68. The van der Waals surface area contributed by atoms with E-state index in [1.54, 1.807) is 0 Å². The van der Waals surface area contributed by atoms with Gasteiger partial charge in [-0.25, -0.2) is 0 Å². The van der Waals surface area contributed by atoms with Crippen LogP contribution in [0.15, 0.2) is 0 Å². The van der Waals surface area contributed by atoms with Gasteiger partial charge in [0, 0.05) is 13.2 Å². The van der Waals surface area contributed by atoms with Crippen molar-refractivity contribution in [2.45, 2.75) is 53.1 Å². The molecule has 2 unspecified atom stereocenters. The fourth-order valence-corrected chi connectivity index (χ4v) is 1.44. The maximum Gasteiger partial charge on any atom is 0.0541 e. The van der Waals surface area contributed by atoms with Crippen molar-refractivity contribution in [3.63, 3.8) is 0 Å². The van der Waals surface area contributed by atoms with E-state index in [0.717, 1.165) is 32.5 Å². The van der Waals surface area contributed by atoms with Crippen LogP contribution in [0, 0.1) is 11.8 Å². The SMILES string of the molecule is CCC(CCOCCC(C)C)C(C)O. The van der Waals surface area contributed by atoms with Crippen molar-refractivity contribution < 1.29 is 9.84 Å². The number of hydrogen-bond donors (Lipinski definition) is 1. The van der Waals surface area contributed by atoms with Crippen molar-refractivity contribution in [3.05, 3.63) is 0 Å². The molecule has 0 rings (SSSR count). The van der Waals surface area contributed by atoms with E-state index in [9.17, 15) is 5.11 Å². The molecule has 0 heterocycles. The Morgan fingerprint density at radius 2 is 1.64 bits per heavy atom. The third kappa shape index (κ3) is 7.34. The van der Waals surface area contributed by atoms with E-state index in [4.69, 9.17) is 4.74 Å². The van der Waals surface area contributed by atoms with Gasteiger partial charge in [-0.1, -0.05) is 27.2 Å². The van der Waals surface area contributed by atoms with Crippen molar-refractivity contribution in [1.82, 2.24) is 0 Å². The molecule has 14 heavy (non-hydrogen) atoms. The van der Waals surface area contributed by atoms with Crippen molar-refractivity contribution in [2.75, 3.05) is 13.2 Å². The van der Waals surface area contributed by atoms with Crippen LogP contribution in [-0.2, 0) is 4.74 Å². The molecule has 0 aliphatic heterocycles. The summed E-state index contributed by atoms with van der Waals surface area (Å²) in [5.74, 6) is 1.11. The van der Waals surface area contributed by atoms with Gasteiger partial charge in [0.25, 0.3) is 0 Å². The number of aliphatic hydroxyl groups is 1. The van der Waals surface area contributed by atoms with E-state index >= 15 is 0 Å². The molecule has 86 valence electrons. The van der Waals surface area contributed by atoms with Crippen molar-refractivity contribution in [1.29, 1.82) is 0 Å². The molecule has 0 aromatic carbocycles. The van der Waals surface area contributed by atoms with E-state index < -0.39 is 0 Å². The highest BCUT2D eigenvalue weighted by Crippen LogP contribution is 2.13. The summed E-state index contributed by atoms with van der Waals surface area (Å²) >= 11 is 0. The van der Waals surface area contributed by atoms with E-state index in [2.05, 4.69) is 20.8 Å². The Morgan fingerprint density at radius 3 is 2.07 bits per heavy atom. The zero-order valence-corrected chi connectivity index (χ0v) is 10.1. The number of aliphatic hydroxyl groups excluding tert-OH is 1. The second kappa shape index (κ2) is 8.25. The van der Waals surface area contributed by atoms with E-state index in [1.807, 2.05) is 6.92 Å². The second-order valence-electron chi connectivity index (χ2n) is 4.49. The molecule has 0 bridgehead atoms. The Morgan fingerprint density at radius 1 is 1.07 bits per heavy atom. The molecule has 0 aliphatic rings. The summed E-state index contributed by atoms with van der Waals surface area (Å²) in [6.07, 6.45) is 2.94. The summed E-state index contributed by atoms with van der Waals surface area (Å²) < 4.78 is 5.52. The number of hydrogen-bond acceptors (Lipinski definition) is 2. The lowest BCUT2D eigenvalue weighted by atomic mass is 9.97. The summed E-state index contributed by atoms with van der Waals surface area (Å²) in [5, 5.41) is 9.40. The lowest BCUT2D eigenvalue weighted by molar-refractivity contribution is 0.0692. The zero-order valence-electron chi connectivity index (χ0n) is 10.1. The van der Waals surface area contributed by atoms with Crippen molar-refractivity contribution in [3.8, 4) is 0 Å². The first kappa shape index (κ1) is 13.9. The van der Waals surface area contributed by atoms with Gasteiger partial charge in [0.2, 0.25) is 0 Å². The second-order valence-corrected chi connectivity index (χ2v) is 4.49. The average molecular weight is 202 g/mol. The van der Waals surface area contributed by atoms with Gasteiger partial charge in [-0.3, -0.25) is 0 Å². The van der Waals surface area contributed by atoms with Crippen LogP contribution >= 0.6 is 0 Å². The zero-order chi connectivity index (χ0) is 11.0. The molecule has 0 saturated carbocycles. The van der Waals surface area contributed by atoms with Gasteiger partial charge in [-0.15, -0.1) is 0 Å². The average Bonchev–Trinajstić information content (AvgIpc) is 2.10. The maximum atomic E-state index is 9.40. The summed E-state index contributed by atoms with van der Waals surface area (Å²) in [4.78, 5) is 0. The molecule has 0 radical (unpaired) electrons. The van der Waals surface area contributed by atoms with Gasteiger partial charge in [0.15, 0.2) is 0 Å². The minimum Gasteiger partial charge on any atom is -0.393 e. The molecule has 0 aromatic rings. The third-order valence-electron chi connectivity index (χ3n) is 2.68. The molecule has 1 N–H and O–H groups in total. The Bertz CT molecular complexity index is 121. The highest BCUT2D eigenvalue weighted by molar-refractivity contribution is 4.62. The molecule has 2 nitrogen and oxygen atoms in total. The van der Waals surface area contributed by atoms with Crippen molar-refractivity contribution in [2.24, 2.45) is 11.8 Å². The standard InChI is InChI=1S/C12H26O2/c1-5-12(11(4)13)7-9-14-8-6-10(2)3/h10-13H,5-9H2,1-4H3. The van der Waals surface area contributed by atoms with Crippen LogP contribution in [0.1, 0.15) is 47.0 Å². The molecule has 0 aromatic heterocycles. The van der Waals surface area contributed by atoms with E-state index in [1.165, 1.54) is 0 Å². The van der Waals surface area contributed by atoms with Crippen LogP contribution in [0.2, 0.25) is 0 Å². The van der Waals surface area contributed by atoms with Gasteiger partial charge in [0.05, 0.1) is 6.10 Å². The molecule has 0 fully saturated rings. The molecule has 0 spiro atoms. The number of ether oxygens (including phenoxy) is 1. The largest absolute Gasteiger partial charge is 0.393 e. The first-order valence-corrected chi connectivity index (χ1v) is 5.83. The van der Waals surface area contributed by atoms with E-state index in [-0.39, 0.29) is 6.10 Å². The Hall–Kier alpha value is -0.0800. The predicted molar refractivity (Wildman–Crippen MR) is 60.4 cm³/mol. The monoisotopic (exact) mass is 202 g/mol. The minimum atomic E-state index is -0.200. The van der Waals surface area contributed by atoms with Gasteiger partial charge in [0.1, 0.15) is 0 Å². The lowest BCUT2D eigenvalue weighted by Gasteiger charge is -2.17. The molecular weight excluding hydrogens is 176 g/mol. The smallest absolute Gasteiger partial charge is 0.0541 e. The normalized spacial score (nSPS) is 15.9. The van der Waals surface area contributed by atoms with Crippen LogP contribution in [0.5, 0.6) is 0 Å². The van der Waals surface area contributed by atoms with Crippen LogP contribution in [0.4, 0.5) is 0 Å².